The van der Waals surface area contributed by atoms with Crippen LogP contribution >= 0.6 is 23.2 Å². The van der Waals surface area contributed by atoms with Gasteiger partial charge in [-0.25, -0.2) is 0 Å². The highest BCUT2D eigenvalue weighted by atomic mass is 35.5. The molecule has 0 bridgehead atoms. The summed E-state index contributed by atoms with van der Waals surface area (Å²) in [5, 5.41) is 8.83. The number of amides is 2. The lowest BCUT2D eigenvalue weighted by molar-refractivity contribution is -0.127. The van der Waals surface area contributed by atoms with Gasteiger partial charge in [0.15, 0.2) is 11.9 Å². The SMILES string of the molecule is C=Cc1ccc(COC2C(=O)N(c3cc(Cl)ccc3Cl)N=C2NC(=O)C(C)(C)C)cc1. The highest BCUT2D eigenvalue weighted by Gasteiger charge is 2.40. The maximum Gasteiger partial charge on any atom is 0.284 e. The maximum absolute atomic E-state index is 13.2. The Bertz CT molecular complexity index is 1040. The van der Waals surface area contributed by atoms with Gasteiger partial charge in [0.25, 0.3) is 5.91 Å². The molecule has 2 aromatic rings. The number of carbonyl (C=O) groups excluding carboxylic acids is 2. The molecule has 0 spiro atoms. The number of hydrogen-bond acceptors (Lipinski definition) is 4. The summed E-state index contributed by atoms with van der Waals surface area (Å²) in [7, 11) is 0. The van der Waals surface area contributed by atoms with E-state index in [1.54, 1.807) is 39.0 Å². The van der Waals surface area contributed by atoms with Crippen molar-refractivity contribution in [2.24, 2.45) is 10.5 Å². The van der Waals surface area contributed by atoms with Crippen LogP contribution in [0.3, 0.4) is 0 Å². The molecule has 0 aromatic heterocycles. The molecule has 1 N–H and O–H groups in total. The van der Waals surface area contributed by atoms with Crippen molar-refractivity contribution >= 4 is 52.6 Å². The lowest BCUT2D eigenvalue weighted by Crippen LogP contribution is -2.45. The molecule has 0 fully saturated rings. The van der Waals surface area contributed by atoms with Crippen LogP contribution in [0.25, 0.3) is 6.08 Å². The average molecular weight is 460 g/mol. The Morgan fingerprint density at radius 3 is 2.52 bits per heavy atom. The summed E-state index contributed by atoms with van der Waals surface area (Å²) in [4.78, 5) is 25.7. The molecular formula is C23H23Cl2N3O3. The topological polar surface area (TPSA) is 71.0 Å². The summed E-state index contributed by atoms with van der Waals surface area (Å²) >= 11 is 12.3. The number of nitrogens with one attached hydrogen (secondary N) is 1. The number of amidine groups is 1. The fraction of sp³-hybridized carbons (Fsp3) is 0.261. The number of hydrazone groups is 1. The summed E-state index contributed by atoms with van der Waals surface area (Å²) < 4.78 is 5.88. The van der Waals surface area contributed by atoms with Crippen LogP contribution in [-0.4, -0.2) is 23.8 Å². The number of rotatable bonds is 5. The first-order valence-corrected chi connectivity index (χ1v) is 10.4. The van der Waals surface area contributed by atoms with Crippen LogP contribution in [0.2, 0.25) is 10.0 Å². The molecule has 1 aliphatic heterocycles. The minimum Gasteiger partial charge on any atom is -0.356 e. The molecule has 0 saturated carbocycles. The Kier molecular flexibility index (Phi) is 6.84. The van der Waals surface area contributed by atoms with Crippen LogP contribution in [0, 0.1) is 5.41 Å². The molecule has 0 saturated heterocycles. The van der Waals surface area contributed by atoms with Crippen LogP contribution in [0.4, 0.5) is 5.69 Å². The third-order valence-corrected chi connectivity index (χ3v) is 5.14. The smallest absolute Gasteiger partial charge is 0.284 e. The quantitative estimate of drug-likeness (QED) is 0.680. The van der Waals surface area contributed by atoms with Gasteiger partial charge in [-0.1, -0.05) is 80.9 Å². The lowest BCUT2D eigenvalue weighted by Gasteiger charge is -2.19. The number of ether oxygens (including phenoxy) is 1. The van der Waals surface area contributed by atoms with Crippen LogP contribution in [0.1, 0.15) is 31.9 Å². The predicted molar refractivity (Wildman–Crippen MR) is 124 cm³/mol. The van der Waals surface area contributed by atoms with E-state index in [-0.39, 0.29) is 18.3 Å². The fourth-order valence-electron chi connectivity index (χ4n) is 2.73. The normalized spacial score (nSPS) is 16.3. The van der Waals surface area contributed by atoms with Crippen molar-refractivity contribution in [2.75, 3.05) is 5.01 Å². The standard InChI is InChI=1S/C23H23Cl2N3O3/c1-5-14-6-8-15(9-7-14)13-31-19-20(26-22(30)23(2,3)4)27-28(21(19)29)18-12-16(24)10-11-17(18)25/h5-12,19H,1,13H2,2-4H3,(H,26,27,30). The maximum atomic E-state index is 13.2. The van der Waals surface area contributed by atoms with Crippen molar-refractivity contribution < 1.29 is 14.3 Å². The van der Waals surface area contributed by atoms with Gasteiger partial charge in [-0.15, -0.1) is 5.10 Å². The summed E-state index contributed by atoms with van der Waals surface area (Å²) in [6.45, 7) is 9.18. The minimum absolute atomic E-state index is 0.101. The van der Waals surface area contributed by atoms with Crippen molar-refractivity contribution in [3.05, 3.63) is 70.2 Å². The van der Waals surface area contributed by atoms with E-state index in [9.17, 15) is 9.59 Å². The van der Waals surface area contributed by atoms with E-state index in [0.717, 1.165) is 16.1 Å². The second kappa shape index (κ2) is 9.22. The first-order valence-electron chi connectivity index (χ1n) is 9.62. The third kappa shape index (κ3) is 5.34. The van der Waals surface area contributed by atoms with Crippen molar-refractivity contribution in [3.8, 4) is 0 Å². The van der Waals surface area contributed by atoms with Gasteiger partial charge in [0.2, 0.25) is 5.91 Å². The van der Waals surface area contributed by atoms with Crippen LogP contribution in [0.5, 0.6) is 0 Å². The molecule has 162 valence electrons. The Morgan fingerprint density at radius 2 is 1.90 bits per heavy atom. The Morgan fingerprint density at radius 1 is 1.23 bits per heavy atom. The second-order valence-corrected chi connectivity index (χ2v) is 8.92. The summed E-state index contributed by atoms with van der Waals surface area (Å²) in [6, 6.07) is 12.3. The monoisotopic (exact) mass is 459 g/mol. The number of anilines is 1. The number of benzene rings is 2. The third-order valence-electron chi connectivity index (χ3n) is 4.58. The molecule has 8 heteroatoms. The highest BCUT2D eigenvalue weighted by Crippen LogP contribution is 2.32. The van der Waals surface area contributed by atoms with Gasteiger partial charge >= 0.3 is 0 Å². The lowest BCUT2D eigenvalue weighted by atomic mass is 9.95. The van der Waals surface area contributed by atoms with Gasteiger partial charge in [0.05, 0.1) is 17.3 Å². The summed E-state index contributed by atoms with van der Waals surface area (Å²) in [6.07, 6.45) is 0.644. The zero-order valence-corrected chi connectivity index (χ0v) is 19.0. The summed E-state index contributed by atoms with van der Waals surface area (Å²) in [5.74, 6) is -0.665. The molecule has 6 nitrogen and oxygen atoms in total. The number of halogens is 2. The van der Waals surface area contributed by atoms with Crippen LogP contribution in [-0.2, 0) is 20.9 Å². The first kappa shape index (κ1) is 23.0. The average Bonchev–Trinajstić information content (AvgIpc) is 3.03. The molecule has 31 heavy (non-hydrogen) atoms. The largest absolute Gasteiger partial charge is 0.356 e. The molecule has 0 aliphatic carbocycles. The molecular weight excluding hydrogens is 437 g/mol. The molecule has 3 rings (SSSR count). The van der Waals surface area contributed by atoms with E-state index in [1.165, 1.54) is 6.07 Å². The zero-order chi connectivity index (χ0) is 22.8. The van der Waals surface area contributed by atoms with Gasteiger partial charge in [-0.2, -0.15) is 5.01 Å². The Labute approximate surface area is 191 Å². The molecule has 1 heterocycles. The number of hydrogen-bond donors (Lipinski definition) is 1. The Hall–Kier alpha value is -2.67. The molecule has 1 aliphatic rings. The first-order chi connectivity index (χ1) is 14.6. The summed E-state index contributed by atoms with van der Waals surface area (Å²) in [5.41, 5.74) is 1.46. The zero-order valence-electron chi connectivity index (χ0n) is 17.5. The molecule has 0 radical (unpaired) electrons. The molecule has 1 unspecified atom stereocenters. The Balaban J connectivity index is 1.88. The van der Waals surface area contributed by atoms with Crippen molar-refractivity contribution in [2.45, 2.75) is 33.5 Å². The van der Waals surface area contributed by atoms with Crippen molar-refractivity contribution in [3.63, 3.8) is 0 Å². The molecule has 1 atom stereocenters. The van der Waals surface area contributed by atoms with E-state index >= 15 is 0 Å². The van der Waals surface area contributed by atoms with Crippen molar-refractivity contribution in [1.82, 2.24) is 5.32 Å². The van der Waals surface area contributed by atoms with E-state index in [0.29, 0.717) is 15.7 Å². The van der Waals surface area contributed by atoms with E-state index in [2.05, 4.69) is 17.0 Å². The van der Waals surface area contributed by atoms with Crippen LogP contribution in [0.15, 0.2) is 54.1 Å². The van der Waals surface area contributed by atoms with Gasteiger partial charge in [-0.05, 0) is 29.3 Å². The van der Waals surface area contributed by atoms with E-state index < -0.39 is 17.4 Å². The molecule has 2 amide bonds. The second-order valence-electron chi connectivity index (χ2n) is 8.07. The fourth-order valence-corrected chi connectivity index (χ4v) is 3.10. The van der Waals surface area contributed by atoms with Gasteiger partial charge in [0, 0.05) is 10.4 Å². The van der Waals surface area contributed by atoms with Gasteiger partial charge < -0.3 is 10.1 Å². The highest BCUT2D eigenvalue weighted by molar-refractivity contribution is 6.36. The van der Waals surface area contributed by atoms with E-state index in [4.69, 9.17) is 27.9 Å². The van der Waals surface area contributed by atoms with E-state index in [1.807, 2.05) is 24.3 Å². The number of carbonyl (C=O) groups is 2. The predicted octanol–water partition coefficient (Wildman–Crippen LogP) is 5.04. The van der Waals surface area contributed by atoms with Gasteiger partial charge in [-0.3, -0.25) is 9.59 Å². The van der Waals surface area contributed by atoms with Gasteiger partial charge in [0.1, 0.15) is 0 Å². The van der Waals surface area contributed by atoms with Crippen molar-refractivity contribution in [1.29, 1.82) is 0 Å². The molecule has 2 aromatic carbocycles. The van der Waals surface area contributed by atoms with Crippen LogP contribution < -0.4 is 10.3 Å². The minimum atomic E-state index is -1.10. The number of nitrogens with zero attached hydrogens (tertiary/aromatic N) is 2.